The molecule has 4 aromatic rings. The molecule has 2 aromatic heterocycles. The Kier molecular flexibility index (Phi) is 6.41. The fourth-order valence-electron chi connectivity index (χ4n) is 3.41. The summed E-state index contributed by atoms with van der Waals surface area (Å²) in [7, 11) is 1.76. The molecule has 164 valence electrons. The van der Waals surface area contributed by atoms with Gasteiger partial charge in [0.15, 0.2) is 10.7 Å². The molecule has 0 saturated heterocycles. The monoisotopic (exact) mass is 447 g/mol. The van der Waals surface area contributed by atoms with E-state index in [0.717, 1.165) is 28.8 Å². The Hall–Kier alpha value is -3.39. The molecule has 0 bridgehead atoms. The van der Waals surface area contributed by atoms with E-state index in [1.54, 1.807) is 22.5 Å². The largest absolute Gasteiger partial charge is 0.325 e. The van der Waals surface area contributed by atoms with Gasteiger partial charge in [-0.1, -0.05) is 60.6 Å². The normalized spacial score (nSPS) is 11.1. The van der Waals surface area contributed by atoms with Crippen molar-refractivity contribution in [3.63, 3.8) is 0 Å². The maximum absolute atomic E-state index is 13.2. The van der Waals surface area contributed by atoms with Gasteiger partial charge in [0.1, 0.15) is 5.52 Å². The zero-order valence-corrected chi connectivity index (χ0v) is 19.1. The Balaban J connectivity index is 1.59. The summed E-state index contributed by atoms with van der Waals surface area (Å²) in [6.45, 7) is 4.46. The standard InChI is InChI=1S/C24H25N5O2S/c1-4-17-6-5-7-19(12-17)25-21(30)15-32-24-26-20-14-28(3)27-22(20)23(31)29(24)13-18-10-8-16(2)9-11-18/h5-12,14H,4,13,15H2,1-3H3,(H,25,30). The fourth-order valence-corrected chi connectivity index (χ4v) is 4.21. The van der Waals surface area contributed by atoms with Gasteiger partial charge in [-0.15, -0.1) is 0 Å². The molecule has 0 radical (unpaired) electrons. The molecule has 0 atom stereocenters. The third kappa shape index (κ3) is 4.91. The van der Waals surface area contributed by atoms with Crippen molar-refractivity contribution in [1.82, 2.24) is 19.3 Å². The summed E-state index contributed by atoms with van der Waals surface area (Å²) in [6.07, 6.45) is 2.62. The first-order valence-electron chi connectivity index (χ1n) is 10.4. The van der Waals surface area contributed by atoms with Gasteiger partial charge < -0.3 is 5.32 Å². The van der Waals surface area contributed by atoms with Crippen LogP contribution in [-0.2, 0) is 24.8 Å². The second-order valence-corrected chi connectivity index (χ2v) is 8.64. The van der Waals surface area contributed by atoms with Crippen LogP contribution in [0.1, 0.15) is 23.6 Å². The predicted octanol–water partition coefficient (Wildman–Crippen LogP) is 3.78. The molecule has 0 spiro atoms. The van der Waals surface area contributed by atoms with E-state index in [4.69, 9.17) is 0 Å². The fraction of sp³-hybridized carbons (Fsp3) is 0.250. The number of aromatic nitrogens is 4. The summed E-state index contributed by atoms with van der Waals surface area (Å²) in [5, 5.41) is 7.69. The first kappa shape index (κ1) is 21.8. The van der Waals surface area contributed by atoms with Gasteiger partial charge in [-0.25, -0.2) is 4.98 Å². The summed E-state index contributed by atoms with van der Waals surface area (Å²) < 4.78 is 3.17. The van der Waals surface area contributed by atoms with Gasteiger partial charge in [0.2, 0.25) is 5.91 Å². The molecule has 2 heterocycles. The van der Waals surface area contributed by atoms with Gasteiger partial charge in [0.25, 0.3) is 5.56 Å². The zero-order valence-electron chi connectivity index (χ0n) is 18.3. The smallest absolute Gasteiger partial charge is 0.282 e. The SMILES string of the molecule is CCc1cccc(NC(=O)CSc2nc3cn(C)nc3c(=O)n2Cc2ccc(C)cc2)c1. The van der Waals surface area contributed by atoms with Crippen LogP contribution in [0.25, 0.3) is 11.0 Å². The Morgan fingerprint density at radius 2 is 1.91 bits per heavy atom. The van der Waals surface area contributed by atoms with Crippen LogP contribution in [0.5, 0.6) is 0 Å². The first-order valence-corrected chi connectivity index (χ1v) is 11.4. The molecule has 4 rings (SSSR count). The molecule has 0 aliphatic rings. The van der Waals surface area contributed by atoms with Crippen LogP contribution in [0.4, 0.5) is 5.69 Å². The van der Waals surface area contributed by atoms with Gasteiger partial charge in [0, 0.05) is 12.7 Å². The minimum absolute atomic E-state index is 0.141. The molecule has 1 amide bonds. The van der Waals surface area contributed by atoms with Crippen molar-refractivity contribution < 1.29 is 4.79 Å². The molecule has 2 aromatic carbocycles. The minimum Gasteiger partial charge on any atom is -0.325 e. The second kappa shape index (κ2) is 9.40. The van der Waals surface area contributed by atoms with E-state index in [1.807, 2.05) is 55.5 Å². The molecule has 0 aliphatic carbocycles. The average molecular weight is 448 g/mol. The molecular weight excluding hydrogens is 422 g/mol. The van der Waals surface area contributed by atoms with Gasteiger partial charge in [-0.2, -0.15) is 5.10 Å². The lowest BCUT2D eigenvalue weighted by Crippen LogP contribution is -2.25. The lowest BCUT2D eigenvalue weighted by atomic mass is 10.1. The number of hydrogen-bond acceptors (Lipinski definition) is 5. The Morgan fingerprint density at radius 1 is 1.12 bits per heavy atom. The molecule has 8 heteroatoms. The second-order valence-electron chi connectivity index (χ2n) is 7.70. The molecule has 0 aliphatic heterocycles. The highest BCUT2D eigenvalue weighted by molar-refractivity contribution is 7.99. The van der Waals surface area contributed by atoms with Crippen LogP contribution in [0.3, 0.4) is 0 Å². The molecule has 0 saturated carbocycles. The van der Waals surface area contributed by atoms with E-state index in [1.165, 1.54) is 11.8 Å². The van der Waals surface area contributed by atoms with Gasteiger partial charge in [-0.3, -0.25) is 18.8 Å². The van der Waals surface area contributed by atoms with E-state index < -0.39 is 0 Å². The van der Waals surface area contributed by atoms with Gasteiger partial charge >= 0.3 is 0 Å². The molecular formula is C24H25N5O2S. The van der Waals surface area contributed by atoms with Crippen LogP contribution < -0.4 is 10.9 Å². The highest BCUT2D eigenvalue weighted by Gasteiger charge is 2.16. The van der Waals surface area contributed by atoms with Crippen molar-refractivity contribution in [1.29, 1.82) is 0 Å². The van der Waals surface area contributed by atoms with Crippen molar-refractivity contribution in [3.05, 3.63) is 81.8 Å². The number of nitrogens with one attached hydrogen (secondary N) is 1. The number of amides is 1. The summed E-state index contributed by atoms with van der Waals surface area (Å²) in [5.74, 6) is -0.00620. The van der Waals surface area contributed by atoms with Crippen LogP contribution in [-0.4, -0.2) is 31.0 Å². The lowest BCUT2D eigenvalue weighted by molar-refractivity contribution is -0.113. The highest BCUT2D eigenvalue weighted by Crippen LogP contribution is 2.20. The van der Waals surface area contributed by atoms with Crippen molar-refractivity contribution >= 4 is 34.4 Å². The number of rotatable bonds is 7. The predicted molar refractivity (Wildman–Crippen MR) is 128 cm³/mol. The number of benzene rings is 2. The number of thioether (sulfide) groups is 1. The number of anilines is 1. The summed E-state index contributed by atoms with van der Waals surface area (Å²) >= 11 is 1.25. The molecule has 32 heavy (non-hydrogen) atoms. The highest BCUT2D eigenvalue weighted by atomic mass is 32.2. The van der Waals surface area contributed by atoms with E-state index in [0.29, 0.717) is 22.7 Å². The molecule has 1 N–H and O–H groups in total. The van der Waals surface area contributed by atoms with Crippen LogP contribution in [0.2, 0.25) is 0 Å². The van der Waals surface area contributed by atoms with Gasteiger partial charge in [-0.05, 0) is 36.6 Å². The van der Waals surface area contributed by atoms with Crippen LogP contribution in [0.15, 0.2) is 64.7 Å². The number of hydrogen-bond donors (Lipinski definition) is 1. The summed E-state index contributed by atoms with van der Waals surface area (Å²) in [6, 6.07) is 15.8. The zero-order chi connectivity index (χ0) is 22.7. The molecule has 7 nitrogen and oxygen atoms in total. The third-order valence-corrected chi connectivity index (χ3v) is 6.09. The third-order valence-electron chi connectivity index (χ3n) is 5.12. The average Bonchev–Trinajstić information content (AvgIpc) is 3.16. The number of nitrogens with zero attached hydrogens (tertiary/aromatic N) is 4. The van der Waals surface area contributed by atoms with Crippen molar-refractivity contribution in [3.8, 4) is 0 Å². The van der Waals surface area contributed by atoms with Crippen LogP contribution in [0, 0.1) is 6.92 Å². The van der Waals surface area contributed by atoms with E-state index in [2.05, 4.69) is 22.3 Å². The van der Waals surface area contributed by atoms with Gasteiger partial charge in [0.05, 0.1) is 18.5 Å². The Labute approximate surface area is 190 Å². The Bertz CT molecular complexity index is 1320. The van der Waals surface area contributed by atoms with E-state index >= 15 is 0 Å². The van der Waals surface area contributed by atoms with Crippen molar-refractivity contribution in [2.45, 2.75) is 32.0 Å². The number of aryl methyl sites for hydroxylation is 3. The van der Waals surface area contributed by atoms with Crippen molar-refractivity contribution in [2.75, 3.05) is 11.1 Å². The lowest BCUT2D eigenvalue weighted by Gasteiger charge is -2.12. The molecule has 0 fully saturated rings. The number of fused-ring (bicyclic) bond motifs is 1. The molecule has 0 unspecified atom stereocenters. The number of carbonyl (C=O) groups is 1. The summed E-state index contributed by atoms with van der Waals surface area (Å²) in [5.41, 5.74) is 4.69. The van der Waals surface area contributed by atoms with Crippen molar-refractivity contribution in [2.24, 2.45) is 7.05 Å². The summed E-state index contributed by atoms with van der Waals surface area (Å²) in [4.78, 5) is 30.4. The van der Waals surface area contributed by atoms with Crippen LogP contribution >= 0.6 is 11.8 Å². The maximum atomic E-state index is 13.2. The number of carbonyl (C=O) groups excluding carboxylic acids is 1. The Morgan fingerprint density at radius 3 is 2.66 bits per heavy atom. The maximum Gasteiger partial charge on any atom is 0.282 e. The minimum atomic E-state index is -0.213. The first-order chi connectivity index (χ1) is 15.4. The quantitative estimate of drug-likeness (QED) is 0.344. The van der Waals surface area contributed by atoms with E-state index in [9.17, 15) is 9.59 Å². The van der Waals surface area contributed by atoms with E-state index in [-0.39, 0.29) is 17.2 Å². The topological polar surface area (TPSA) is 81.8 Å².